The topological polar surface area (TPSA) is 15.7 Å². The molecule has 0 atom stereocenters. The highest BCUT2D eigenvalue weighted by atomic mass is 16.5. The van der Waals surface area contributed by atoms with Crippen LogP contribution in [-0.2, 0) is 11.3 Å². The SMILES string of the molecule is CN(C)c1cccc(CN2CCOCC2)c1. The molecule has 0 amide bonds. The summed E-state index contributed by atoms with van der Waals surface area (Å²) < 4.78 is 5.35. The molecule has 0 saturated carbocycles. The second-order valence-electron chi connectivity index (χ2n) is 4.45. The first kappa shape index (κ1) is 11.4. The zero-order chi connectivity index (χ0) is 11.4. The highest BCUT2D eigenvalue weighted by molar-refractivity contribution is 5.47. The molecule has 1 aromatic rings. The van der Waals surface area contributed by atoms with Gasteiger partial charge in [0.15, 0.2) is 0 Å². The van der Waals surface area contributed by atoms with Crippen molar-refractivity contribution in [2.45, 2.75) is 6.54 Å². The predicted molar refractivity (Wildman–Crippen MR) is 66.9 cm³/mol. The normalized spacial score (nSPS) is 17.4. The van der Waals surface area contributed by atoms with E-state index in [0.717, 1.165) is 32.8 Å². The smallest absolute Gasteiger partial charge is 0.0594 e. The maximum absolute atomic E-state index is 5.35. The fourth-order valence-corrected chi connectivity index (χ4v) is 1.95. The Morgan fingerprint density at radius 3 is 2.69 bits per heavy atom. The van der Waals surface area contributed by atoms with Crippen molar-refractivity contribution >= 4 is 5.69 Å². The summed E-state index contributed by atoms with van der Waals surface area (Å²) in [6.45, 7) is 4.87. The molecule has 88 valence electrons. The molecule has 1 aliphatic rings. The third kappa shape index (κ3) is 2.97. The molecule has 3 heteroatoms. The van der Waals surface area contributed by atoms with Crippen LogP contribution in [0.15, 0.2) is 24.3 Å². The van der Waals surface area contributed by atoms with Gasteiger partial charge in [-0.3, -0.25) is 4.90 Å². The summed E-state index contributed by atoms with van der Waals surface area (Å²) in [7, 11) is 4.15. The van der Waals surface area contributed by atoms with E-state index in [4.69, 9.17) is 4.74 Å². The number of hydrogen-bond donors (Lipinski definition) is 0. The Kier molecular flexibility index (Phi) is 3.80. The van der Waals surface area contributed by atoms with Crippen LogP contribution in [0.3, 0.4) is 0 Å². The van der Waals surface area contributed by atoms with Gasteiger partial charge in [0.25, 0.3) is 0 Å². The standard InChI is InChI=1S/C13H20N2O/c1-14(2)13-5-3-4-12(10-13)11-15-6-8-16-9-7-15/h3-5,10H,6-9,11H2,1-2H3. The number of ether oxygens (including phenoxy) is 1. The van der Waals surface area contributed by atoms with E-state index in [-0.39, 0.29) is 0 Å². The first-order chi connectivity index (χ1) is 7.75. The number of anilines is 1. The maximum atomic E-state index is 5.35. The second kappa shape index (κ2) is 5.32. The van der Waals surface area contributed by atoms with Crippen molar-refractivity contribution in [2.24, 2.45) is 0 Å². The van der Waals surface area contributed by atoms with Crippen LogP contribution in [0.2, 0.25) is 0 Å². The molecule has 1 saturated heterocycles. The summed E-state index contributed by atoms with van der Waals surface area (Å²) in [6, 6.07) is 8.73. The van der Waals surface area contributed by atoms with Crippen molar-refractivity contribution in [2.75, 3.05) is 45.3 Å². The first-order valence-electron chi connectivity index (χ1n) is 5.82. The summed E-state index contributed by atoms with van der Waals surface area (Å²) in [4.78, 5) is 4.58. The van der Waals surface area contributed by atoms with Crippen LogP contribution >= 0.6 is 0 Å². The maximum Gasteiger partial charge on any atom is 0.0594 e. The Morgan fingerprint density at radius 2 is 2.00 bits per heavy atom. The van der Waals surface area contributed by atoms with Crippen LogP contribution in [0.5, 0.6) is 0 Å². The Hall–Kier alpha value is -1.06. The second-order valence-corrected chi connectivity index (χ2v) is 4.45. The van der Waals surface area contributed by atoms with Crippen molar-refractivity contribution < 1.29 is 4.74 Å². The minimum atomic E-state index is 0.868. The first-order valence-corrected chi connectivity index (χ1v) is 5.82. The molecule has 1 fully saturated rings. The van der Waals surface area contributed by atoms with E-state index in [0.29, 0.717) is 0 Å². The molecule has 3 nitrogen and oxygen atoms in total. The minimum absolute atomic E-state index is 0.868. The summed E-state index contributed by atoms with van der Waals surface area (Å²) in [6.07, 6.45) is 0. The monoisotopic (exact) mass is 220 g/mol. The highest BCUT2D eigenvalue weighted by Gasteiger charge is 2.10. The molecule has 0 unspecified atom stereocenters. The molecule has 1 aliphatic heterocycles. The van der Waals surface area contributed by atoms with Gasteiger partial charge < -0.3 is 9.64 Å². The van der Waals surface area contributed by atoms with Crippen molar-refractivity contribution in [1.82, 2.24) is 4.90 Å². The van der Waals surface area contributed by atoms with Crippen molar-refractivity contribution in [3.8, 4) is 0 Å². The van der Waals surface area contributed by atoms with Crippen LogP contribution in [0.4, 0.5) is 5.69 Å². The van der Waals surface area contributed by atoms with Gasteiger partial charge >= 0.3 is 0 Å². The van der Waals surface area contributed by atoms with Crippen LogP contribution in [0.1, 0.15) is 5.56 Å². The quantitative estimate of drug-likeness (QED) is 0.769. The zero-order valence-corrected chi connectivity index (χ0v) is 10.1. The lowest BCUT2D eigenvalue weighted by molar-refractivity contribution is 0.0342. The van der Waals surface area contributed by atoms with E-state index in [1.54, 1.807) is 0 Å². The van der Waals surface area contributed by atoms with Gasteiger partial charge in [-0.2, -0.15) is 0 Å². The zero-order valence-electron chi connectivity index (χ0n) is 10.1. The number of benzene rings is 1. The summed E-state index contributed by atoms with van der Waals surface area (Å²) in [5, 5.41) is 0. The Balaban J connectivity index is 2.00. The molecule has 0 aromatic heterocycles. The van der Waals surface area contributed by atoms with E-state index < -0.39 is 0 Å². The molecule has 0 spiro atoms. The van der Waals surface area contributed by atoms with Crippen LogP contribution in [-0.4, -0.2) is 45.3 Å². The van der Waals surface area contributed by atoms with Gasteiger partial charge in [0, 0.05) is 39.4 Å². The average molecular weight is 220 g/mol. The van der Waals surface area contributed by atoms with Crippen LogP contribution in [0, 0.1) is 0 Å². The van der Waals surface area contributed by atoms with Gasteiger partial charge in [-0.15, -0.1) is 0 Å². The van der Waals surface area contributed by atoms with Gasteiger partial charge in [-0.25, -0.2) is 0 Å². The summed E-state index contributed by atoms with van der Waals surface area (Å²) in [5.74, 6) is 0. The van der Waals surface area contributed by atoms with Crippen LogP contribution < -0.4 is 4.90 Å². The Morgan fingerprint density at radius 1 is 1.25 bits per heavy atom. The predicted octanol–water partition coefficient (Wildman–Crippen LogP) is 1.58. The Labute approximate surface area is 97.6 Å². The fraction of sp³-hybridized carbons (Fsp3) is 0.538. The fourth-order valence-electron chi connectivity index (χ4n) is 1.95. The number of nitrogens with zero attached hydrogens (tertiary/aromatic N) is 2. The molecule has 0 bridgehead atoms. The lowest BCUT2D eigenvalue weighted by atomic mass is 10.1. The van der Waals surface area contributed by atoms with E-state index in [1.165, 1.54) is 11.3 Å². The molecule has 2 rings (SSSR count). The van der Waals surface area contributed by atoms with Gasteiger partial charge in [-0.1, -0.05) is 12.1 Å². The molecule has 1 aromatic carbocycles. The lowest BCUT2D eigenvalue weighted by Crippen LogP contribution is -2.35. The van der Waals surface area contributed by atoms with E-state index >= 15 is 0 Å². The van der Waals surface area contributed by atoms with Gasteiger partial charge in [0.1, 0.15) is 0 Å². The van der Waals surface area contributed by atoms with Gasteiger partial charge in [0.2, 0.25) is 0 Å². The van der Waals surface area contributed by atoms with Crippen molar-refractivity contribution in [3.05, 3.63) is 29.8 Å². The average Bonchev–Trinajstić information content (AvgIpc) is 2.30. The molecule has 16 heavy (non-hydrogen) atoms. The number of hydrogen-bond acceptors (Lipinski definition) is 3. The largest absolute Gasteiger partial charge is 0.379 e. The lowest BCUT2D eigenvalue weighted by Gasteiger charge is -2.27. The third-order valence-corrected chi connectivity index (χ3v) is 2.94. The van der Waals surface area contributed by atoms with Crippen molar-refractivity contribution in [1.29, 1.82) is 0 Å². The molecular formula is C13H20N2O. The van der Waals surface area contributed by atoms with Crippen molar-refractivity contribution in [3.63, 3.8) is 0 Å². The van der Waals surface area contributed by atoms with E-state index in [2.05, 4.69) is 48.2 Å². The third-order valence-electron chi connectivity index (χ3n) is 2.94. The number of morpholine rings is 1. The Bertz CT molecular complexity index is 332. The van der Waals surface area contributed by atoms with E-state index in [1.807, 2.05) is 0 Å². The molecule has 1 heterocycles. The highest BCUT2D eigenvalue weighted by Crippen LogP contribution is 2.15. The van der Waals surface area contributed by atoms with E-state index in [9.17, 15) is 0 Å². The summed E-state index contributed by atoms with van der Waals surface area (Å²) >= 11 is 0. The van der Waals surface area contributed by atoms with Crippen LogP contribution in [0.25, 0.3) is 0 Å². The molecule has 0 radical (unpaired) electrons. The number of rotatable bonds is 3. The summed E-state index contributed by atoms with van der Waals surface area (Å²) in [5.41, 5.74) is 2.65. The van der Waals surface area contributed by atoms with Gasteiger partial charge in [0.05, 0.1) is 13.2 Å². The molecule has 0 N–H and O–H groups in total. The molecule has 0 aliphatic carbocycles. The minimum Gasteiger partial charge on any atom is -0.379 e. The molecular weight excluding hydrogens is 200 g/mol. The van der Waals surface area contributed by atoms with Gasteiger partial charge in [-0.05, 0) is 17.7 Å².